The highest BCUT2D eigenvalue weighted by atomic mass is 32.2. The third kappa shape index (κ3) is 3.70. The van der Waals surface area contributed by atoms with Gasteiger partial charge in [-0.05, 0) is 32.4 Å². The van der Waals surface area contributed by atoms with E-state index in [9.17, 15) is 0 Å². The Balaban J connectivity index is 1.97. The molecule has 0 aliphatic heterocycles. The van der Waals surface area contributed by atoms with Crippen LogP contribution in [0.15, 0.2) is 29.6 Å². The first kappa shape index (κ1) is 14.3. The molecule has 0 spiro atoms. The normalized spacial score (nSPS) is 13.9. The summed E-state index contributed by atoms with van der Waals surface area (Å²) < 4.78 is 2.03. The zero-order valence-electron chi connectivity index (χ0n) is 12.1. The van der Waals surface area contributed by atoms with Gasteiger partial charge in [-0.2, -0.15) is 0 Å². The van der Waals surface area contributed by atoms with Crippen LogP contribution < -0.4 is 5.32 Å². The van der Waals surface area contributed by atoms with Crippen LogP contribution in [0.4, 0.5) is 0 Å². The minimum Gasteiger partial charge on any atom is -0.311 e. The summed E-state index contributed by atoms with van der Waals surface area (Å²) in [6.07, 6.45) is 3.13. The van der Waals surface area contributed by atoms with Gasteiger partial charge in [-0.3, -0.25) is 4.40 Å². The maximum atomic E-state index is 4.25. The van der Waals surface area contributed by atoms with Gasteiger partial charge < -0.3 is 5.32 Å². The van der Waals surface area contributed by atoms with E-state index in [1.54, 1.807) is 11.8 Å². The van der Waals surface area contributed by atoms with Crippen LogP contribution in [-0.4, -0.2) is 31.9 Å². The predicted molar refractivity (Wildman–Crippen MR) is 80.7 cm³/mol. The van der Waals surface area contributed by atoms with Gasteiger partial charge in [0.1, 0.15) is 0 Å². The lowest BCUT2D eigenvalue weighted by molar-refractivity contribution is 0.379. The first-order valence-corrected chi connectivity index (χ1v) is 7.61. The molecule has 0 saturated heterocycles. The lowest BCUT2D eigenvalue weighted by Crippen LogP contribution is -2.41. The highest BCUT2D eigenvalue weighted by molar-refractivity contribution is 7.99. The Labute approximate surface area is 119 Å². The summed E-state index contributed by atoms with van der Waals surface area (Å²) in [5, 5.41) is 13.4. The van der Waals surface area contributed by atoms with Crippen molar-refractivity contribution in [1.82, 2.24) is 19.9 Å². The molecule has 0 bridgehead atoms. The number of pyridine rings is 1. The summed E-state index contributed by atoms with van der Waals surface area (Å²) in [7, 11) is 0. The Morgan fingerprint density at radius 3 is 2.89 bits per heavy atom. The van der Waals surface area contributed by atoms with E-state index in [4.69, 9.17) is 0 Å². The lowest BCUT2D eigenvalue weighted by Gasteiger charge is -2.26. The number of hydrogen-bond donors (Lipinski definition) is 1. The Morgan fingerprint density at radius 2 is 2.16 bits per heavy atom. The molecule has 0 saturated carbocycles. The van der Waals surface area contributed by atoms with Crippen LogP contribution in [0.3, 0.4) is 0 Å². The molecule has 2 heterocycles. The first-order chi connectivity index (χ1) is 9.02. The molecule has 1 N–H and O–H groups in total. The number of fused-ring (bicyclic) bond motifs is 1. The van der Waals surface area contributed by atoms with Crippen LogP contribution >= 0.6 is 11.8 Å². The SMILES string of the molecule is CCC(C)(C)NCC(C)Sc1nnc2ccccn12. The molecule has 2 rings (SSSR count). The van der Waals surface area contributed by atoms with E-state index in [1.165, 1.54) is 0 Å². The van der Waals surface area contributed by atoms with Gasteiger partial charge in [0.25, 0.3) is 0 Å². The van der Waals surface area contributed by atoms with Gasteiger partial charge in [-0.25, -0.2) is 0 Å². The summed E-state index contributed by atoms with van der Waals surface area (Å²) in [6, 6.07) is 5.96. The van der Waals surface area contributed by atoms with Gasteiger partial charge >= 0.3 is 0 Å². The molecule has 0 aromatic carbocycles. The highest BCUT2D eigenvalue weighted by Gasteiger charge is 2.16. The van der Waals surface area contributed by atoms with E-state index >= 15 is 0 Å². The third-order valence-corrected chi connectivity index (χ3v) is 4.40. The lowest BCUT2D eigenvalue weighted by atomic mass is 10.0. The van der Waals surface area contributed by atoms with Crippen LogP contribution in [-0.2, 0) is 0 Å². The summed E-state index contributed by atoms with van der Waals surface area (Å²) in [4.78, 5) is 0. The van der Waals surface area contributed by atoms with Crippen molar-refractivity contribution in [2.24, 2.45) is 0 Å². The number of thioether (sulfide) groups is 1. The van der Waals surface area contributed by atoms with Gasteiger partial charge in [0.05, 0.1) is 0 Å². The van der Waals surface area contributed by atoms with E-state index in [1.807, 2.05) is 28.8 Å². The van der Waals surface area contributed by atoms with Gasteiger partial charge in [0, 0.05) is 23.5 Å². The molecule has 2 aromatic heterocycles. The van der Waals surface area contributed by atoms with E-state index in [2.05, 4.69) is 43.2 Å². The smallest absolute Gasteiger partial charge is 0.195 e. The van der Waals surface area contributed by atoms with Gasteiger partial charge in [-0.1, -0.05) is 31.7 Å². The summed E-state index contributed by atoms with van der Waals surface area (Å²) in [6.45, 7) is 9.85. The van der Waals surface area contributed by atoms with Crippen LogP contribution in [0.1, 0.15) is 34.1 Å². The fourth-order valence-electron chi connectivity index (χ4n) is 1.67. The number of rotatable bonds is 6. The standard InChI is InChI=1S/C14H22N4S/c1-5-14(3,4)15-10-11(2)19-13-17-16-12-8-6-7-9-18(12)13/h6-9,11,15H,5,10H2,1-4H3. The zero-order chi connectivity index (χ0) is 13.9. The van der Waals surface area contributed by atoms with Crippen LogP contribution in [0.2, 0.25) is 0 Å². The van der Waals surface area contributed by atoms with Gasteiger partial charge in [0.2, 0.25) is 0 Å². The first-order valence-electron chi connectivity index (χ1n) is 6.73. The second kappa shape index (κ2) is 5.92. The van der Waals surface area contributed by atoms with E-state index in [0.717, 1.165) is 23.8 Å². The van der Waals surface area contributed by atoms with Gasteiger partial charge in [0.15, 0.2) is 10.8 Å². The van der Waals surface area contributed by atoms with Crippen LogP contribution in [0.5, 0.6) is 0 Å². The number of nitrogens with one attached hydrogen (secondary N) is 1. The van der Waals surface area contributed by atoms with Crippen molar-refractivity contribution in [2.45, 2.75) is 50.1 Å². The molecule has 0 aliphatic carbocycles. The quantitative estimate of drug-likeness (QED) is 0.825. The molecule has 2 aromatic rings. The zero-order valence-corrected chi connectivity index (χ0v) is 12.9. The summed E-state index contributed by atoms with van der Waals surface area (Å²) in [5.74, 6) is 0. The van der Waals surface area contributed by atoms with E-state index in [-0.39, 0.29) is 5.54 Å². The van der Waals surface area contributed by atoms with Crippen LogP contribution in [0, 0.1) is 0 Å². The van der Waals surface area contributed by atoms with E-state index in [0.29, 0.717) is 5.25 Å². The van der Waals surface area contributed by atoms with Gasteiger partial charge in [-0.15, -0.1) is 10.2 Å². The minimum absolute atomic E-state index is 0.196. The molecule has 0 aliphatic rings. The second-order valence-electron chi connectivity index (χ2n) is 5.46. The largest absolute Gasteiger partial charge is 0.311 e. The van der Waals surface area contributed by atoms with Crippen molar-refractivity contribution < 1.29 is 0 Å². The number of hydrogen-bond acceptors (Lipinski definition) is 4. The molecule has 0 radical (unpaired) electrons. The molecule has 5 heteroatoms. The molecule has 104 valence electrons. The van der Waals surface area contributed by atoms with E-state index < -0.39 is 0 Å². The average molecular weight is 278 g/mol. The highest BCUT2D eigenvalue weighted by Crippen LogP contribution is 2.22. The number of aromatic nitrogens is 3. The van der Waals surface area contributed by atoms with Crippen molar-refractivity contribution >= 4 is 17.4 Å². The predicted octanol–water partition coefficient (Wildman–Crippen LogP) is 2.99. The Hall–Kier alpha value is -1.07. The summed E-state index contributed by atoms with van der Waals surface area (Å²) >= 11 is 1.76. The minimum atomic E-state index is 0.196. The topological polar surface area (TPSA) is 42.2 Å². The maximum absolute atomic E-state index is 4.25. The maximum Gasteiger partial charge on any atom is 0.195 e. The van der Waals surface area contributed by atoms with Crippen LogP contribution in [0.25, 0.3) is 5.65 Å². The fraction of sp³-hybridized carbons (Fsp3) is 0.571. The Bertz CT molecular complexity index is 535. The molecule has 1 atom stereocenters. The second-order valence-corrected chi connectivity index (χ2v) is 6.86. The summed E-state index contributed by atoms with van der Waals surface area (Å²) in [5.41, 5.74) is 1.10. The number of nitrogens with zero attached hydrogens (tertiary/aromatic N) is 3. The molecule has 0 amide bonds. The van der Waals surface area contributed by atoms with Crippen molar-refractivity contribution in [3.63, 3.8) is 0 Å². The molecule has 1 unspecified atom stereocenters. The van der Waals surface area contributed by atoms with Crippen molar-refractivity contribution in [2.75, 3.05) is 6.54 Å². The third-order valence-electron chi connectivity index (χ3n) is 3.34. The molecular formula is C14H22N4S. The Morgan fingerprint density at radius 1 is 1.37 bits per heavy atom. The van der Waals surface area contributed by atoms with Crippen molar-refractivity contribution in [3.8, 4) is 0 Å². The van der Waals surface area contributed by atoms with Crippen molar-refractivity contribution in [3.05, 3.63) is 24.4 Å². The molecule has 19 heavy (non-hydrogen) atoms. The average Bonchev–Trinajstić information content (AvgIpc) is 2.80. The van der Waals surface area contributed by atoms with Crippen molar-refractivity contribution in [1.29, 1.82) is 0 Å². The molecule has 0 fully saturated rings. The fourth-order valence-corrected chi connectivity index (χ4v) is 2.55. The monoisotopic (exact) mass is 278 g/mol. The Kier molecular flexibility index (Phi) is 4.47. The molecular weight excluding hydrogens is 256 g/mol. The molecule has 4 nitrogen and oxygen atoms in total.